The third kappa shape index (κ3) is 3.01. The molecule has 0 radical (unpaired) electrons. The van der Waals surface area contributed by atoms with Crippen LogP contribution >= 0.6 is 0 Å². The summed E-state index contributed by atoms with van der Waals surface area (Å²) in [4.78, 5) is 39.6. The van der Waals surface area contributed by atoms with Crippen molar-refractivity contribution in [1.29, 1.82) is 0 Å². The predicted molar refractivity (Wildman–Crippen MR) is 108 cm³/mol. The molecule has 2 aromatic heterocycles. The zero-order chi connectivity index (χ0) is 21.6. The summed E-state index contributed by atoms with van der Waals surface area (Å²) in [7, 11) is 0. The van der Waals surface area contributed by atoms with E-state index in [2.05, 4.69) is 10.5 Å². The summed E-state index contributed by atoms with van der Waals surface area (Å²) in [5.74, 6) is -0.212. The van der Waals surface area contributed by atoms with Gasteiger partial charge in [-0.1, -0.05) is 35.0 Å². The van der Waals surface area contributed by atoms with Crippen molar-refractivity contribution in [2.24, 2.45) is 0 Å². The van der Waals surface area contributed by atoms with Gasteiger partial charge in [-0.2, -0.15) is 0 Å². The molecule has 3 amide bonds. The summed E-state index contributed by atoms with van der Waals surface area (Å²) in [6.45, 7) is 6.90. The van der Waals surface area contributed by atoms with E-state index in [1.54, 1.807) is 30.5 Å². The second kappa shape index (κ2) is 6.98. The Bertz CT molecular complexity index is 1140. The number of aryl methyl sites for hydroxylation is 2. The Hall–Kier alpha value is -3.68. The highest BCUT2D eigenvalue weighted by Gasteiger charge is 2.49. The molecule has 30 heavy (non-hydrogen) atoms. The molecule has 0 aliphatic carbocycles. The summed E-state index contributed by atoms with van der Waals surface area (Å²) in [5, 5.41) is 6.65. The molecule has 0 spiro atoms. The summed E-state index contributed by atoms with van der Waals surface area (Å²) < 4.78 is 6.69. The Morgan fingerprint density at radius 1 is 1.13 bits per heavy atom. The lowest BCUT2D eigenvalue weighted by Crippen LogP contribution is -2.41. The van der Waals surface area contributed by atoms with Crippen LogP contribution in [0.5, 0.6) is 0 Å². The molecule has 0 saturated carbocycles. The number of urea groups is 1. The monoisotopic (exact) mass is 406 g/mol. The van der Waals surface area contributed by atoms with Gasteiger partial charge in [0.2, 0.25) is 0 Å². The van der Waals surface area contributed by atoms with Crippen LogP contribution in [0.2, 0.25) is 0 Å². The minimum absolute atomic E-state index is 0.325. The van der Waals surface area contributed by atoms with Crippen molar-refractivity contribution in [3.05, 3.63) is 70.7 Å². The summed E-state index contributed by atoms with van der Waals surface area (Å²) >= 11 is 0. The van der Waals surface area contributed by atoms with Crippen LogP contribution in [0.15, 0.2) is 47.2 Å². The lowest BCUT2D eigenvalue weighted by molar-refractivity contribution is -0.130. The Morgan fingerprint density at radius 3 is 2.47 bits per heavy atom. The second-order valence-electron chi connectivity index (χ2n) is 7.71. The van der Waals surface area contributed by atoms with Gasteiger partial charge in [0.05, 0.1) is 6.54 Å². The van der Waals surface area contributed by atoms with Crippen molar-refractivity contribution in [2.75, 3.05) is 6.54 Å². The van der Waals surface area contributed by atoms with Crippen LogP contribution in [-0.4, -0.2) is 38.9 Å². The molecule has 0 unspecified atom stereocenters. The molecule has 1 atom stereocenters. The maximum absolute atomic E-state index is 13.1. The van der Waals surface area contributed by atoms with E-state index in [0.717, 1.165) is 16.2 Å². The van der Waals surface area contributed by atoms with Crippen LogP contribution in [0, 0.1) is 20.8 Å². The number of carbonyl (C=O) groups excluding carboxylic acids is 3. The Kier molecular flexibility index (Phi) is 4.57. The molecule has 3 aromatic rings. The van der Waals surface area contributed by atoms with Crippen LogP contribution < -0.4 is 5.32 Å². The maximum atomic E-state index is 13.1. The van der Waals surface area contributed by atoms with Crippen LogP contribution in [0.25, 0.3) is 5.82 Å². The van der Waals surface area contributed by atoms with Crippen LogP contribution in [-0.2, 0) is 10.3 Å². The number of hydrogen-bond acceptors (Lipinski definition) is 5. The van der Waals surface area contributed by atoms with Gasteiger partial charge < -0.3 is 9.84 Å². The van der Waals surface area contributed by atoms with E-state index >= 15 is 0 Å². The highest BCUT2D eigenvalue weighted by Crippen LogP contribution is 2.29. The fraction of sp³-hybridized carbons (Fsp3) is 0.273. The first-order valence-corrected chi connectivity index (χ1v) is 9.56. The molecule has 8 nitrogen and oxygen atoms in total. The molecule has 0 bridgehead atoms. The molecule has 3 heterocycles. The minimum Gasteiger partial charge on any atom is -0.363 e. The largest absolute Gasteiger partial charge is 0.363 e. The SMILES string of the molecule is Cc1ccc([C@@]2(C)NC(=O)N(CC(=O)c3cc(C)n(-c4ccon4)c3C)C2=O)cc1. The van der Waals surface area contributed by atoms with Crippen molar-refractivity contribution in [3.63, 3.8) is 0 Å². The summed E-state index contributed by atoms with van der Waals surface area (Å²) in [6.07, 6.45) is 1.45. The second-order valence-corrected chi connectivity index (χ2v) is 7.71. The molecule has 154 valence electrons. The van der Waals surface area contributed by atoms with Gasteiger partial charge in [-0.25, -0.2) is 4.79 Å². The first-order valence-electron chi connectivity index (χ1n) is 9.56. The average Bonchev–Trinajstić information content (AvgIpc) is 3.37. The molecule has 8 heteroatoms. The molecular weight excluding hydrogens is 384 g/mol. The van der Waals surface area contributed by atoms with Gasteiger partial charge in [-0.05, 0) is 39.3 Å². The van der Waals surface area contributed by atoms with Gasteiger partial charge in [-0.3, -0.25) is 19.1 Å². The highest BCUT2D eigenvalue weighted by molar-refractivity contribution is 6.11. The van der Waals surface area contributed by atoms with Crippen molar-refractivity contribution < 1.29 is 18.9 Å². The van der Waals surface area contributed by atoms with Crippen LogP contribution in [0.4, 0.5) is 4.79 Å². The Labute approximate surface area is 173 Å². The maximum Gasteiger partial charge on any atom is 0.325 e. The van der Waals surface area contributed by atoms with Crippen molar-refractivity contribution in [1.82, 2.24) is 19.9 Å². The topological polar surface area (TPSA) is 97.4 Å². The number of aromatic nitrogens is 2. The number of nitrogens with one attached hydrogen (secondary N) is 1. The average molecular weight is 406 g/mol. The molecule has 1 saturated heterocycles. The zero-order valence-corrected chi connectivity index (χ0v) is 17.2. The van der Waals surface area contributed by atoms with E-state index in [0.29, 0.717) is 22.6 Å². The van der Waals surface area contributed by atoms with E-state index in [1.165, 1.54) is 6.26 Å². The first kappa shape index (κ1) is 19.6. The number of nitrogens with zero attached hydrogens (tertiary/aromatic N) is 3. The third-order valence-electron chi connectivity index (χ3n) is 5.59. The number of imide groups is 1. The van der Waals surface area contributed by atoms with E-state index in [1.807, 2.05) is 38.1 Å². The van der Waals surface area contributed by atoms with Gasteiger partial charge in [0.1, 0.15) is 11.8 Å². The summed E-state index contributed by atoms with van der Waals surface area (Å²) in [5.41, 5.74) is 2.41. The number of amides is 3. The smallest absolute Gasteiger partial charge is 0.325 e. The highest BCUT2D eigenvalue weighted by atomic mass is 16.5. The van der Waals surface area contributed by atoms with E-state index < -0.39 is 17.5 Å². The molecule has 1 aliphatic rings. The standard InChI is InChI=1S/C22H22N4O4/c1-13-5-7-16(8-6-13)22(4)20(28)25(21(29)23-22)12-18(27)17-11-14(2)26(15(17)3)19-9-10-30-24-19/h5-11H,12H2,1-4H3,(H,23,29)/t22-/m1/s1. The Balaban J connectivity index is 1.60. The number of ketones is 1. The molecule has 4 rings (SSSR count). The van der Waals surface area contributed by atoms with Gasteiger partial charge >= 0.3 is 6.03 Å². The quantitative estimate of drug-likeness (QED) is 0.519. The lowest BCUT2D eigenvalue weighted by atomic mass is 9.91. The molecule has 1 fully saturated rings. The first-order chi connectivity index (χ1) is 14.2. The predicted octanol–water partition coefficient (Wildman–Crippen LogP) is 3.04. The number of Topliss-reactive ketones (excluding diaryl/α,β-unsaturated/α-hetero) is 1. The fourth-order valence-electron chi connectivity index (χ4n) is 3.87. The lowest BCUT2D eigenvalue weighted by Gasteiger charge is -2.22. The number of rotatable bonds is 5. The van der Waals surface area contributed by atoms with Crippen molar-refractivity contribution in [3.8, 4) is 5.82 Å². The number of hydrogen-bond donors (Lipinski definition) is 1. The molecule has 1 N–H and O–H groups in total. The number of benzene rings is 1. The van der Waals surface area contributed by atoms with Crippen LogP contribution in [0.3, 0.4) is 0 Å². The zero-order valence-electron chi connectivity index (χ0n) is 17.2. The number of carbonyl (C=O) groups is 3. The molecule has 1 aliphatic heterocycles. The van der Waals surface area contributed by atoms with Crippen molar-refractivity contribution in [2.45, 2.75) is 33.2 Å². The van der Waals surface area contributed by atoms with E-state index in [4.69, 9.17) is 4.52 Å². The third-order valence-corrected chi connectivity index (χ3v) is 5.59. The van der Waals surface area contributed by atoms with Gasteiger partial charge in [0.15, 0.2) is 11.6 Å². The summed E-state index contributed by atoms with van der Waals surface area (Å²) in [6, 6.07) is 10.2. The van der Waals surface area contributed by atoms with Gasteiger partial charge in [0, 0.05) is 23.0 Å². The minimum atomic E-state index is -1.21. The van der Waals surface area contributed by atoms with Crippen molar-refractivity contribution >= 4 is 17.7 Å². The van der Waals surface area contributed by atoms with E-state index in [9.17, 15) is 14.4 Å². The fourth-order valence-corrected chi connectivity index (χ4v) is 3.87. The Morgan fingerprint density at radius 2 is 1.83 bits per heavy atom. The molecular formula is C22H22N4O4. The van der Waals surface area contributed by atoms with Gasteiger partial charge in [0.25, 0.3) is 5.91 Å². The van der Waals surface area contributed by atoms with E-state index in [-0.39, 0.29) is 12.3 Å². The molecule has 1 aromatic carbocycles. The normalized spacial score (nSPS) is 18.7. The van der Waals surface area contributed by atoms with Gasteiger partial charge in [-0.15, -0.1) is 0 Å². The van der Waals surface area contributed by atoms with Crippen LogP contribution in [0.1, 0.15) is 39.8 Å².